The lowest BCUT2D eigenvalue weighted by Gasteiger charge is -2.29. The lowest BCUT2D eigenvalue weighted by molar-refractivity contribution is 0.0504. The van der Waals surface area contributed by atoms with Gasteiger partial charge in [-0.15, -0.1) is 0 Å². The van der Waals surface area contributed by atoms with E-state index >= 15 is 0 Å². The summed E-state index contributed by atoms with van der Waals surface area (Å²) in [5.41, 5.74) is -1.15. The molecule has 0 spiro atoms. The van der Waals surface area contributed by atoms with Gasteiger partial charge >= 0.3 is 0 Å². The molecule has 1 aromatic rings. The number of hydrogen-bond acceptors (Lipinski definition) is 3. The van der Waals surface area contributed by atoms with Crippen LogP contribution in [0.5, 0.6) is 0 Å². The van der Waals surface area contributed by atoms with Gasteiger partial charge in [-0.05, 0) is 43.0 Å². The van der Waals surface area contributed by atoms with Crippen LogP contribution in [-0.2, 0) is 16.3 Å². The summed E-state index contributed by atoms with van der Waals surface area (Å²) in [4.78, 5) is 0. The van der Waals surface area contributed by atoms with Crippen LogP contribution in [0.2, 0.25) is 5.02 Å². The predicted octanol–water partition coefficient (Wildman–Crippen LogP) is 2.35. The van der Waals surface area contributed by atoms with E-state index in [1.165, 1.54) is 18.2 Å². The number of benzene rings is 1. The van der Waals surface area contributed by atoms with Crippen LogP contribution in [0.3, 0.4) is 0 Å². The minimum atomic E-state index is -3.36. The van der Waals surface area contributed by atoms with Crippen LogP contribution < -0.4 is 0 Å². The topological polar surface area (TPSA) is 54.4 Å². The van der Waals surface area contributed by atoms with Crippen LogP contribution in [0.25, 0.3) is 0 Å². The highest BCUT2D eigenvalue weighted by Gasteiger charge is 2.47. The Bertz CT molecular complexity index is 588. The van der Waals surface area contributed by atoms with Crippen molar-refractivity contribution >= 4 is 21.4 Å². The van der Waals surface area contributed by atoms with Gasteiger partial charge < -0.3 is 5.11 Å². The maximum absolute atomic E-state index is 13.7. The number of aliphatic hydroxyl groups is 1. The second-order valence-electron chi connectivity index (χ2n) is 5.23. The molecule has 3 nitrogen and oxygen atoms in total. The highest BCUT2D eigenvalue weighted by atomic mass is 35.5. The molecule has 0 radical (unpaired) electrons. The van der Waals surface area contributed by atoms with Crippen molar-refractivity contribution < 1.29 is 17.9 Å². The van der Waals surface area contributed by atoms with Gasteiger partial charge in [-0.2, -0.15) is 0 Å². The van der Waals surface area contributed by atoms with E-state index in [2.05, 4.69) is 0 Å². The highest BCUT2D eigenvalue weighted by Crippen LogP contribution is 2.38. The van der Waals surface area contributed by atoms with Crippen LogP contribution in [-0.4, -0.2) is 30.6 Å². The summed E-state index contributed by atoms with van der Waals surface area (Å²) in [5.74, 6) is -0.475. The molecule has 6 heteroatoms. The summed E-state index contributed by atoms with van der Waals surface area (Å²) < 4.78 is 37.1. The summed E-state index contributed by atoms with van der Waals surface area (Å²) >= 11 is 5.81. The molecule has 0 amide bonds. The first kappa shape index (κ1) is 14.8. The van der Waals surface area contributed by atoms with Gasteiger partial charge in [0, 0.05) is 17.7 Å². The number of sulfone groups is 1. The average molecular weight is 307 g/mol. The second-order valence-corrected chi connectivity index (χ2v) is 7.89. The van der Waals surface area contributed by atoms with Crippen LogP contribution in [0.4, 0.5) is 4.39 Å². The van der Waals surface area contributed by atoms with Crippen molar-refractivity contribution in [3.05, 3.63) is 34.6 Å². The number of hydrogen-bond donors (Lipinski definition) is 1. The van der Waals surface area contributed by atoms with E-state index in [4.69, 9.17) is 11.6 Å². The molecule has 1 saturated carbocycles. The maximum Gasteiger partial charge on any atom is 0.153 e. The number of halogens is 2. The molecule has 1 aromatic carbocycles. The third-order valence-electron chi connectivity index (χ3n) is 3.70. The highest BCUT2D eigenvalue weighted by molar-refractivity contribution is 7.91. The molecule has 0 bridgehead atoms. The van der Waals surface area contributed by atoms with Crippen molar-refractivity contribution in [1.29, 1.82) is 0 Å². The van der Waals surface area contributed by atoms with E-state index in [9.17, 15) is 17.9 Å². The van der Waals surface area contributed by atoms with Gasteiger partial charge in [0.15, 0.2) is 9.84 Å². The summed E-state index contributed by atoms with van der Waals surface area (Å²) in [6, 6.07) is 4.09. The predicted molar refractivity (Wildman–Crippen MR) is 72.5 cm³/mol. The molecular formula is C13H16ClFO3S. The lowest BCUT2D eigenvalue weighted by Crippen LogP contribution is -2.44. The fourth-order valence-corrected chi connectivity index (χ4v) is 4.63. The Labute approximate surface area is 117 Å². The molecule has 0 aliphatic heterocycles. The number of rotatable bonds is 3. The van der Waals surface area contributed by atoms with E-state index in [0.717, 1.165) is 6.26 Å². The quantitative estimate of drug-likeness (QED) is 0.932. The van der Waals surface area contributed by atoms with Crippen molar-refractivity contribution in [3.63, 3.8) is 0 Å². The van der Waals surface area contributed by atoms with Gasteiger partial charge in [0.05, 0.1) is 10.9 Å². The molecular weight excluding hydrogens is 291 g/mol. The Morgan fingerprint density at radius 2 is 2.21 bits per heavy atom. The van der Waals surface area contributed by atoms with E-state index in [1.807, 2.05) is 0 Å². The van der Waals surface area contributed by atoms with Crippen molar-refractivity contribution in [2.45, 2.75) is 36.5 Å². The standard InChI is InChI=1S/C13H16ClFO3S/c1-19(17,18)12-3-2-6-13(12,16)8-9-7-10(14)4-5-11(9)15/h4-5,7,12,16H,2-3,6,8H2,1H3. The maximum atomic E-state index is 13.7. The zero-order chi connectivity index (χ0) is 14.3. The third kappa shape index (κ3) is 3.09. The van der Waals surface area contributed by atoms with Gasteiger partial charge in [0.2, 0.25) is 0 Å². The Morgan fingerprint density at radius 3 is 2.84 bits per heavy atom. The summed E-state index contributed by atoms with van der Waals surface area (Å²) in [5, 5.41) is 10.1. The molecule has 0 aromatic heterocycles. The molecule has 2 atom stereocenters. The fraction of sp³-hybridized carbons (Fsp3) is 0.538. The Morgan fingerprint density at radius 1 is 1.53 bits per heavy atom. The summed E-state index contributed by atoms with van der Waals surface area (Å²) in [6.45, 7) is 0. The van der Waals surface area contributed by atoms with Crippen LogP contribution in [0, 0.1) is 5.82 Å². The molecule has 106 valence electrons. The first-order valence-electron chi connectivity index (χ1n) is 6.07. The molecule has 0 heterocycles. The molecule has 1 N–H and O–H groups in total. The molecule has 1 aliphatic rings. The van der Waals surface area contributed by atoms with Gasteiger partial charge in [0.1, 0.15) is 5.82 Å². The van der Waals surface area contributed by atoms with Gasteiger partial charge in [0.25, 0.3) is 0 Å². The lowest BCUT2D eigenvalue weighted by atomic mass is 9.92. The third-order valence-corrected chi connectivity index (χ3v) is 5.64. The molecule has 19 heavy (non-hydrogen) atoms. The molecule has 1 aliphatic carbocycles. The van der Waals surface area contributed by atoms with Crippen molar-refractivity contribution in [2.75, 3.05) is 6.26 Å². The minimum absolute atomic E-state index is 0.0306. The average Bonchev–Trinajstić information content (AvgIpc) is 2.65. The van der Waals surface area contributed by atoms with Gasteiger partial charge in [-0.25, -0.2) is 12.8 Å². The fourth-order valence-electron chi connectivity index (χ4n) is 2.85. The van der Waals surface area contributed by atoms with Crippen molar-refractivity contribution in [1.82, 2.24) is 0 Å². The van der Waals surface area contributed by atoms with E-state index in [1.54, 1.807) is 0 Å². The largest absolute Gasteiger partial charge is 0.388 e. The van der Waals surface area contributed by atoms with E-state index < -0.39 is 26.5 Å². The molecule has 2 rings (SSSR count). The first-order chi connectivity index (χ1) is 8.72. The Kier molecular flexibility index (Phi) is 3.91. The van der Waals surface area contributed by atoms with Crippen LogP contribution >= 0.6 is 11.6 Å². The van der Waals surface area contributed by atoms with Crippen LogP contribution in [0.1, 0.15) is 24.8 Å². The Hall–Kier alpha value is -0.650. The second kappa shape index (κ2) is 5.04. The zero-order valence-electron chi connectivity index (χ0n) is 10.6. The first-order valence-corrected chi connectivity index (χ1v) is 8.41. The molecule has 2 unspecified atom stereocenters. The SMILES string of the molecule is CS(=O)(=O)C1CCCC1(O)Cc1cc(Cl)ccc1F. The zero-order valence-corrected chi connectivity index (χ0v) is 12.1. The van der Waals surface area contributed by atoms with Gasteiger partial charge in [-0.1, -0.05) is 11.6 Å². The van der Waals surface area contributed by atoms with E-state index in [-0.39, 0.29) is 12.0 Å². The van der Waals surface area contributed by atoms with Gasteiger partial charge in [-0.3, -0.25) is 0 Å². The summed E-state index contributed by atoms with van der Waals surface area (Å²) in [6.07, 6.45) is 2.48. The van der Waals surface area contributed by atoms with Crippen molar-refractivity contribution in [3.8, 4) is 0 Å². The normalized spacial score (nSPS) is 27.7. The monoisotopic (exact) mass is 306 g/mol. The molecule has 1 fully saturated rings. The smallest absolute Gasteiger partial charge is 0.153 e. The van der Waals surface area contributed by atoms with Crippen LogP contribution in [0.15, 0.2) is 18.2 Å². The Balaban J connectivity index is 2.33. The van der Waals surface area contributed by atoms with Crippen molar-refractivity contribution in [2.24, 2.45) is 0 Å². The van der Waals surface area contributed by atoms with E-state index in [0.29, 0.717) is 24.3 Å². The molecule has 0 saturated heterocycles. The minimum Gasteiger partial charge on any atom is -0.388 e. The summed E-state index contributed by atoms with van der Waals surface area (Å²) in [7, 11) is -3.36.